The van der Waals surface area contributed by atoms with Crippen LogP contribution in [0.3, 0.4) is 0 Å². The zero-order chi connectivity index (χ0) is 20.5. The van der Waals surface area contributed by atoms with Crippen molar-refractivity contribution in [1.29, 1.82) is 0 Å². The van der Waals surface area contributed by atoms with Crippen molar-refractivity contribution in [2.45, 2.75) is 6.92 Å². The number of nitrogens with zero attached hydrogens (tertiary/aromatic N) is 1. The molecule has 0 aliphatic carbocycles. The van der Waals surface area contributed by atoms with Crippen molar-refractivity contribution in [2.24, 2.45) is 0 Å². The first-order valence-corrected chi connectivity index (χ1v) is 10.1. The molecule has 1 aromatic heterocycles. The highest BCUT2D eigenvalue weighted by molar-refractivity contribution is 7.11. The summed E-state index contributed by atoms with van der Waals surface area (Å²) in [6, 6.07) is 15.9. The van der Waals surface area contributed by atoms with Gasteiger partial charge in [-0.1, -0.05) is 23.7 Å². The van der Waals surface area contributed by atoms with E-state index in [1.54, 1.807) is 37.4 Å². The maximum Gasteiger partial charge on any atom is 0.282 e. The van der Waals surface area contributed by atoms with Crippen LogP contribution in [0.4, 0.5) is 11.4 Å². The molecule has 0 saturated heterocycles. The van der Waals surface area contributed by atoms with Crippen LogP contribution >= 0.6 is 22.9 Å². The van der Waals surface area contributed by atoms with E-state index in [0.717, 1.165) is 10.4 Å². The Bertz CT molecular complexity index is 1120. The van der Waals surface area contributed by atoms with Crippen molar-refractivity contribution in [1.82, 2.24) is 0 Å². The van der Waals surface area contributed by atoms with Crippen molar-refractivity contribution >= 4 is 51.7 Å². The lowest BCUT2D eigenvalue weighted by Gasteiger charge is -2.16. The van der Waals surface area contributed by atoms with Gasteiger partial charge in [0, 0.05) is 15.6 Å². The Morgan fingerprint density at radius 1 is 1.03 bits per heavy atom. The zero-order valence-electron chi connectivity index (χ0n) is 15.7. The Morgan fingerprint density at radius 3 is 2.41 bits per heavy atom. The first kappa shape index (κ1) is 19.2. The molecule has 2 amide bonds. The summed E-state index contributed by atoms with van der Waals surface area (Å²) in [4.78, 5) is 28.4. The summed E-state index contributed by atoms with van der Waals surface area (Å²) >= 11 is 7.63. The lowest BCUT2D eigenvalue weighted by molar-refractivity contribution is -0.120. The predicted molar refractivity (Wildman–Crippen MR) is 117 cm³/mol. The van der Waals surface area contributed by atoms with E-state index in [-0.39, 0.29) is 11.6 Å². The average molecular weight is 425 g/mol. The second-order valence-electron chi connectivity index (χ2n) is 6.46. The van der Waals surface area contributed by atoms with Crippen LogP contribution in [-0.2, 0) is 9.59 Å². The summed E-state index contributed by atoms with van der Waals surface area (Å²) in [6.07, 6.45) is 0. The molecule has 0 bridgehead atoms. The Hall–Kier alpha value is -3.09. The fraction of sp³-hybridized carbons (Fsp3) is 0.0909. The normalized spacial score (nSPS) is 14.0. The van der Waals surface area contributed by atoms with E-state index < -0.39 is 5.91 Å². The van der Waals surface area contributed by atoms with E-state index in [2.05, 4.69) is 5.32 Å². The van der Waals surface area contributed by atoms with Crippen LogP contribution in [0.2, 0.25) is 5.02 Å². The van der Waals surface area contributed by atoms with Gasteiger partial charge in [-0.15, -0.1) is 11.3 Å². The largest absolute Gasteiger partial charge is 0.497 e. The lowest BCUT2D eigenvalue weighted by Crippen LogP contribution is -2.32. The summed E-state index contributed by atoms with van der Waals surface area (Å²) < 4.78 is 5.16. The fourth-order valence-corrected chi connectivity index (χ4v) is 4.02. The molecule has 1 aliphatic heterocycles. The van der Waals surface area contributed by atoms with E-state index >= 15 is 0 Å². The Labute approximate surface area is 177 Å². The SMILES string of the molecule is COc1ccc(N2C(=O)C(Nc3ccc(C)c(Cl)c3)=C(c3cccs3)C2=O)cc1. The molecule has 146 valence electrons. The highest BCUT2D eigenvalue weighted by Crippen LogP contribution is 2.36. The number of rotatable bonds is 5. The van der Waals surface area contributed by atoms with Crippen molar-refractivity contribution in [3.8, 4) is 5.75 Å². The Kier molecular flexibility index (Phi) is 5.13. The number of carbonyl (C=O) groups is 2. The third kappa shape index (κ3) is 3.52. The maximum absolute atomic E-state index is 13.3. The number of imide groups is 1. The average Bonchev–Trinajstić information content (AvgIpc) is 3.32. The molecule has 0 atom stereocenters. The van der Waals surface area contributed by atoms with Crippen molar-refractivity contribution in [3.63, 3.8) is 0 Å². The number of benzene rings is 2. The second-order valence-corrected chi connectivity index (χ2v) is 7.81. The molecular formula is C22H17ClN2O3S. The van der Waals surface area contributed by atoms with Gasteiger partial charge in [0.05, 0.1) is 18.4 Å². The number of halogens is 1. The first-order chi connectivity index (χ1) is 14.0. The van der Waals surface area contributed by atoms with Crippen molar-refractivity contribution in [3.05, 3.63) is 81.1 Å². The molecule has 7 heteroatoms. The summed E-state index contributed by atoms with van der Waals surface area (Å²) in [5.41, 5.74) is 2.63. The highest BCUT2D eigenvalue weighted by atomic mass is 35.5. The molecule has 0 saturated carbocycles. The molecule has 29 heavy (non-hydrogen) atoms. The standard InChI is InChI=1S/C22H17ClN2O3S/c1-13-5-6-14(12-17(13)23)24-20-19(18-4-3-11-29-18)21(26)25(22(20)27)15-7-9-16(28-2)10-8-15/h3-12,24H,1-2H3. The van der Waals surface area contributed by atoms with Crippen LogP contribution in [0.5, 0.6) is 5.75 Å². The topological polar surface area (TPSA) is 58.6 Å². The van der Waals surface area contributed by atoms with Crippen LogP contribution in [-0.4, -0.2) is 18.9 Å². The first-order valence-electron chi connectivity index (χ1n) is 8.83. The summed E-state index contributed by atoms with van der Waals surface area (Å²) in [5.74, 6) is -0.143. The number of aryl methyl sites for hydroxylation is 1. The number of anilines is 2. The minimum absolute atomic E-state index is 0.230. The number of hydrogen-bond acceptors (Lipinski definition) is 5. The van der Waals surface area contributed by atoms with Gasteiger partial charge in [-0.2, -0.15) is 0 Å². The lowest BCUT2D eigenvalue weighted by atomic mass is 10.1. The number of nitrogens with one attached hydrogen (secondary N) is 1. The van der Waals surface area contributed by atoms with Gasteiger partial charge < -0.3 is 10.1 Å². The smallest absolute Gasteiger partial charge is 0.282 e. The van der Waals surface area contributed by atoms with Crippen molar-refractivity contribution < 1.29 is 14.3 Å². The predicted octanol–water partition coefficient (Wildman–Crippen LogP) is 5.12. The summed E-state index contributed by atoms with van der Waals surface area (Å²) in [6.45, 7) is 1.90. The quantitative estimate of drug-likeness (QED) is 0.578. The minimum atomic E-state index is -0.416. The van der Waals surface area contributed by atoms with Gasteiger partial charge in [-0.3, -0.25) is 9.59 Å². The molecule has 1 aliphatic rings. The van der Waals surface area contributed by atoms with E-state index in [1.807, 2.05) is 36.6 Å². The fourth-order valence-electron chi connectivity index (χ4n) is 3.08. The molecule has 3 aromatic rings. The van der Waals surface area contributed by atoms with Crippen LogP contribution in [0.25, 0.3) is 5.57 Å². The monoisotopic (exact) mass is 424 g/mol. The molecule has 4 rings (SSSR count). The highest BCUT2D eigenvalue weighted by Gasteiger charge is 2.40. The van der Waals surface area contributed by atoms with Crippen molar-refractivity contribution in [2.75, 3.05) is 17.3 Å². The summed E-state index contributed by atoms with van der Waals surface area (Å²) in [5, 5.41) is 5.57. The Balaban J connectivity index is 1.76. The molecule has 2 aromatic carbocycles. The second kappa shape index (κ2) is 7.73. The molecule has 5 nitrogen and oxygen atoms in total. The molecule has 0 unspecified atom stereocenters. The van der Waals surface area contributed by atoms with Gasteiger partial charge in [-0.05, 0) is 60.3 Å². The number of amides is 2. The van der Waals surface area contributed by atoms with Crippen LogP contribution in [0.15, 0.2) is 65.7 Å². The van der Waals surface area contributed by atoms with Gasteiger partial charge in [-0.25, -0.2) is 4.90 Å². The molecule has 1 N–H and O–H groups in total. The third-order valence-electron chi connectivity index (χ3n) is 4.62. The van der Waals surface area contributed by atoms with Crippen LogP contribution in [0.1, 0.15) is 10.4 Å². The molecular weight excluding hydrogens is 408 g/mol. The van der Waals surface area contributed by atoms with Gasteiger partial charge in [0.2, 0.25) is 0 Å². The van der Waals surface area contributed by atoms with Crippen LogP contribution < -0.4 is 15.0 Å². The third-order valence-corrected chi connectivity index (χ3v) is 5.92. The van der Waals surface area contributed by atoms with Gasteiger partial charge in [0.25, 0.3) is 11.8 Å². The summed E-state index contributed by atoms with van der Waals surface area (Å²) in [7, 11) is 1.56. The number of hydrogen-bond donors (Lipinski definition) is 1. The van der Waals surface area contributed by atoms with E-state index in [0.29, 0.717) is 27.7 Å². The van der Waals surface area contributed by atoms with E-state index in [1.165, 1.54) is 16.2 Å². The minimum Gasteiger partial charge on any atom is -0.497 e. The molecule has 2 heterocycles. The number of thiophene rings is 1. The molecule has 0 radical (unpaired) electrons. The number of carbonyl (C=O) groups excluding carboxylic acids is 2. The maximum atomic E-state index is 13.3. The van der Waals surface area contributed by atoms with Gasteiger partial charge >= 0.3 is 0 Å². The van der Waals surface area contributed by atoms with Crippen LogP contribution in [0, 0.1) is 6.92 Å². The van der Waals surface area contributed by atoms with E-state index in [9.17, 15) is 9.59 Å². The molecule has 0 spiro atoms. The molecule has 0 fully saturated rings. The number of ether oxygens (including phenoxy) is 1. The zero-order valence-corrected chi connectivity index (χ0v) is 17.3. The van der Waals surface area contributed by atoms with Gasteiger partial charge in [0.1, 0.15) is 11.4 Å². The van der Waals surface area contributed by atoms with Gasteiger partial charge in [0.15, 0.2) is 0 Å². The number of methoxy groups -OCH3 is 1. The van der Waals surface area contributed by atoms with E-state index in [4.69, 9.17) is 16.3 Å². The Morgan fingerprint density at radius 2 is 1.79 bits per heavy atom.